The van der Waals surface area contributed by atoms with Crippen LogP contribution in [0.15, 0.2) is 394 Å². The molecule has 0 amide bonds. The van der Waals surface area contributed by atoms with Gasteiger partial charge in [-0.25, -0.2) is 39.9 Å². The molecular formula is C106H71N9. The van der Waals surface area contributed by atoms with Crippen molar-refractivity contribution >= 4 is 65.2 Å². The van der Waals surface area contributed by atoms with Crippen LogP contribution in [0.3, 0.4) is 0 Å². The number of hydrogen-bond donors (Lipinski definition) is 0. The van der Waals surface area contributed by atoms with Crippen LogP contribution in [0.25, 0.3) is 206 Å². The highest BCUT2D eigenvalue weighted by Gasteiger charge is 2.21. The van der Waals surface area contributed by atoms with Crippen LogP contribution in [-0.2, 0) is 0 Å². The monoisotopic (exact) mass is 1470 g/mol. The largest absolute Gasteiger partial charge is 0.309 e. The number of aryl methyl sites for hydroxylation is 2. The van der Waals surface area contributed by atoms with Crippen molar-refractivity contribution in [2.45, 2.75) is 13.8 Å². The summed E-state index contributed by atoms with van der Waals surface area (Å²) >= 11 is 0. The summed E-state index contributed by atoms with van der Waals surface area (Å²) in [5.74, 6) is 3.84. The molecular weight excluding hydrogens is 1400 g/mol. The molecule has 0 N–H and O–H groups in total. The van der Waals surface area contributed by atoms with E-state index < -0.39 is 0 Å². The zero-order valence-electron chi connectivity index (χ0n) is 63.1. The maximum absolute atomic E-state index is 5.15. The minimum absolute atomic E-state index is 0.619. The summed E-state index contributed by atoms with van der Waals surface area (Å²) in [7, 11) is 0. The molecule has 21 rings (SSSR count). The van der Waals surface area contributed by atoms with E-state index in [1.807, 2.05) is 42.5 Å². The molecule has 0 bridgehead atoms. The van der Waals surface area contributed by atoms with E-state index in [9.17, 15) is 0 Å². The standard InChI is InChI=1S/C58H37N5.C48H34N4/c1-3-15-41(16-4-1)55-50-25-14-24-46(54(50)49-23-7-10-26-51(49)59-55)40-33-29-38(30-34-40)39-31-35-43(36-32-39)57-60-56(42-17-5-2-6-18-42)61-58(62-57)44-19-13-20-45(37-44)63-52-27-11-8-21-47(52)48-22-9-12-28-53(48)63;1-31-15-19-37(20-16-31)46-50-47(38-21-17-32(2)18-22-38)52-48(51-46)39-29-25-34(26-30-39)33-23-27-35(28-24-33)40-12-8-13-42-44(40)41-11-6-7-14-43(41)49-45(42)36-9-4-3-5-10-36/h1-37H;3-30H,1-2H3. The van der Waals surface area contributed by atoms with Gasteiger partial charge in [0.25, 0.3) is 0 Å². The Morgan fingerprint density at radius 2 is 0.452 bits per heavy atom. The first kappa shape index (κ1) is 68.9. The Morgan fingerprint density at radius 3 is 0.835 bits per heavy atom. The maximum Gasteiger partial charge on any atom is 0.164 e. The third kappa shape index (κ3) is 13.4. The van der Waals surface area contributed by atoms with E-state index >= 15 is 0 Å². The number of aromatic nitrogens is 9. The second-order valence-corrected chi connectivity index (χ2v) is 29.1. The average Bonchev–Trinajstić information content (AvgIpc) is 1.52. The number of pyridine rings is 2. The quantitative estimate of drug-likeness (QED) is 0.105. The number of para-hydroxylation sites is 4. The van der Waals surface area contributed by atoms with Crippen molar-refractivity contribution in [3.63, 3.8) is 0 Å². The van der Waals surface area contributed by atoms with Gasteiger partial charge in [0.1, 0.15) is 0 Å². The molecule has 0 aliphatic rings. The van der Waals surface area contributed by atoms with Gasteiger partial charge in [-0.05, 0) is 94.8 Å². The fourth-order valence-corrected chi connectivity index (χ4v) is 15.9. The lowest BCUT2D eigenvalue weighted by Crippen LogP contribution is -2.01. The molecule has 5 aromatic heterocycles. The molecule has 540 valence electrons. The number of benzene rings is 16. The van der Waals surface area contributed by atoms with E-state index in [0.29, 0.717) is 34.9 Å². The Labute approximate surface area is 665 Å². The van der Waals surface area contributed by atoms with Gasteiger partial charge in [0.15, 0.2) is 34.9 Å². The van der Waals surface area contributed by atoms with E-state index in [1.54, 1.807) is 0 Å². The average molecular weight is 1470 g/mol. The normalized spacial score (nSPS) is 11.4. The Morgan fingerprint density at radius 1 is 0.183 bits per heavy atom. The summed E-state index contributed by atoms with van der Waals surface area (Å²) in [6, 6.07) is 138. The lowest BCUT2D eigenvalue weighted by atomic mass is 9.92. The molecule has 21 aromatic rings. The van der Waals surface area contributed by atoms with Gasteiger partial charge in [-0.2, -0.15) is 0 Å². The Kier molecular flexibility index (Phi) is 17.9. The second-order valence-electron chi connectivity index (χ2n) is 29.1. The van der Waals surface area contributed by atoms with E-state index in [4.69, 9.17) is 39.9 Å². The highest BCUT2D eigenvalue weighted by molar-refractivity contribution is 6.18. The molecule has 0 saturated heterocycles. The first-order valence-corrected chi connectivity index (χ1v) is 38.8. The predicted molar refractivity (Wildman–Crippen MR) is 474 cm³/mol. The van der Waals surface area contributed by atoms with E-state index in [-0.39, 0.29) is 0 Å². The number of nitrogens with zero attached hydrogens (tertiary/aromatic N) is 9. The van der Waals surface area contributed by atoms with Crippen LogP contribution in [-0.4, -0.2) is 44.4 Å². The highest BCUT2D eigenvalue weighted by Crippen LogP contribution is 2.43. The first-order chi connectivity index (χ1) is 56.8. The Hall–Kier alpha value is -15.3. The van der Waals surface area contributed by atoms with Gasteiger partial charge < -0.3 is 4.57 Å². The molecule has 9 heteroatoms. The van der Waals surface area contributed by atoms with Crippen LogP contribution >= 0.6 is 0 Å². The molecule has 0 unspecified atom stereocenters. The zero-order valence-corrected chi connectivity index (χ0v) is 63.1. The third-order valence-electron chi connectivity index (χ3n) is 21.8. The first-order valence-electron chi connectivity index (χ1n) is 38.8. The summed E-state index contributed by atoms with van der Waals surface area (Å²) in [6.07, 6.45) is 0. The third-order valence-corrected chi connectivity index (χ3v) is 21.8. The van der Waals surface area contributed by atoms with Gasteiger partial charge in [0.2, 0.25) is 0 Å². The predicted octanol–water partition coefficient (Wildman–Crippen LogP) is 26.9. The molecule has 0 radical (unpaired) electrons. The van der Waals surface area contributed by atoms with E-state index in [0.717, 1.165) is 133 Å². The summed E-state index contributed by atoms with van der Waals surface area (Å²) in [6.45, 7) is 4.17. The van der Waals surface area contributed by atoms with Crippen LogP contribution in [0, 0.1) is 13.8 Å². The lowest BCUT2D eigenvalue weighted by Gasteiger charge is -2.14. The molecule has 9 nitrogen and oxygen atoms in total. The van der Waals surface area contributed by atoms with Gasteiger partial charge in [0.05, 0.1) is 33.5 Å². The fourth-order valence-electron chi connectivity index (χ4n) is 15.9. The van der Waals surface area contributed by atoms with Crippen molar-refractivity contribution in [2.24, 2.45) is 0 Å². The Bertz CT molecular complexity index is 7100. The molecule has 0 aliphatic heterocycles. The molecule has 16 aromatic carbocycles. The van der Waals surface area contributed by atoms with Crippen molar-refractivity contribution in [3.05, 3.63) is 405 Å². The van der Waals surface area contributed by atoms with Gasteiger partial charge in [-0.3, -0.25) is 0 Å². The summed E-state index contributed by atoms with van der Waals surface area (Å²) in [5.41, 5.74) is 26.8. The smallest absolute Gasteiger partial charge is 0.164 e. The summed E-state index contributed by atoms with van der Waals surface area (Å²) < 4.78 is 2.32. The van der Waals surface area contributed by atoms with Crippen molar-refractivity contribution in [1.82, 2.24) is 44.4 Å². The van der Waals surface area contributed by atoms with Crippen LogP contribution in [0.2, 0.25) is 0 Å². The number of rotatable bonds is 13. The Balaban J connectivity index is 0.000000152. The molecule has 0 saturated carbocycles. The fraction of sp³-hybridized carbons (Fsp3) is 0.0189. The van der Waals surface area contributed by atoms with Crippen LogP contribution in [0.5, 0.6) is 0 Å². The zero-order chi connectivity index (χ0) is 76.7. The highest BCUT2D eigenvalue weighted by atomic mass is 15.0. The summed E-state index contributed by atoms with van der Waals surface area (Å²) in [5, 5.41) is 9.47. The molecule has 0 fully saturated rings. The van der Waals surface area contributed by atoms with Gasteiger partial charge in [-0.1, -0.05) is 369 Å². The summed E-state index contributed by atoms with van der Waals surface area (Å²) in [4.78, 5) is 40.3. The van der Waals surface area contributed by atoms with Crippen LogP contribution < -0.4 is 0 Å². The van der Waals surface area contributed by atoms with Crippen LogP contribution in [0.4, 0.5) is 0 Å². The van der Waals surface area contributed by atoms with E-state index in [1.165, 1.54) is 49.4 Å². The molecule has 0 spiro atoms. The number of hydrogen-bond acceptors (Lipinski definition) is 8. The van der Waals surface area contributed by atoms with Crippen LogP contribution in [0.1, 0.15) is 11.1 Å². The minimum Gasteiger partial charge on any atom is -0.309 e. The molecule has 5 heterocycles. The van der Waals surface area contributed by atoms with Crippen molar-refractivity contribution in [3.8, 4) is 141 Å². The second kappa shape index (κ2) is 29.8. The molecule has 115 heavy (non-hydrogen) atoms. The maximum atomic E-state index is 5.15. The topological polar surface area (TPSA) is 108 Å². The van der Waals surface area contributed by atoms with Gasteiger partial charge >= 0.3 is 0 Å². The lowest BCUT2D eigenvalue weighted by molar-refractivity contribution is 1.07. The van der Waals surface area contributed by atoms with Crippen molar-refractivity contribution in [2.75, 3.05) is 0 Å². The van der Waals surface area contributed by atoms with Crippen molar-refractivity contribution in [1.29, 1.82) is 0 Å². The van der Waals surface area contributed by atoms with Gasteiger partial charge in [0, 0.05) is 93.3 Å². The SMILES string of the molecule is Cc1ccc(-c2nc(-c3ccc(C)cc3)nc(-c3ccc(-c4ccc(-c5cccc6c(-c7ccccc7)nc7ccccc7c56)cc4)cc3)n2)cc1.c1ccc(-c2nc(-c3ccc(-c4ccc(-c5cccc6c(-c7ccccc7)nc7ccccc7c56)cc4)cc3)nc(-c3cccc(-n4c5ccccc5c5ccccc54)c3)n2)cc1. The molecule has 0 aliphatic carbocycles. The molecule has 0 atom stereocenters. The minimum atomic E-state index is 0.619. The number of fused-ring (bicyclic) bond motifs is 9. The van der Waals surface area contributed by atoms with Gasteiger partial charge in [-0.15, -0.1) is 0 Å². The van der Waals surface area contributed by atoms with E-state index in [2.05, 4.69) is 370 Å². The van der Waals surface area contributed by atoms with Crippen molar-refractivity contribution < 1.29 is 0 Å².